The highest BCUT2D eigenvalue weighted by Crippen LogP contribution is 2.52. The number of cyclic esters (lactones) is 1. The van der Waals surface area contributed by atoms with Crippen molar-refractivity contribution in [2.24, 2.45) is 17.8 Å². The summed E-state index contributed by atoms with van der Waals surface area (Å²) in [7, 11) is 0. The molecule has 0 spiro atoms. The molecule has 3 saturated heterocycles. The Hall–Kier alpha value is -1.49. The number of allylic oxidation sites excluding steroid dienone is 3. The fourth-order valence-corrected chi connectivity index (χ4v) is 4.38. The fourth-order valence-electron chi connectivity index (χ4n) is 4.38. The van der Waals surface area contributed by atoms with E-state index in [2.05, 4.69) is 0 Å². The molecule has 0 saturated carbocycles. The van der Waals surface area contributed by atoms with E-state index in [1.54, 1.807) is 6.92 Å². The minimum Gasteiger partial charge on any atom is -0.457 e. The van der Waals surface area contributed by atoms with E-state index in [0.717, 1.165) is 19.1 Å². The Balaban J connectivity index is 1.75. The Morgan fingerprint density at radius 1 is 1.33 bits per heavy atom. The molecule has 0 radical (unpaired) electrons. The van der Waals surface area contributed by atoms with E-state index in [-0.39, 0.29) is 30.0 Å². The summed E-state index contributed by atoms with van der Waals surface area (Å²) in [5, 5.41) is 0. The lowest BCUT2D eigenvalue weighted by Crippen LogP contribution is -2.36. The van der Waals surface area contributed by atoms with Crippen LogP contribution in [0.1, 0.15) is 19.8 Å². The Labute approximate surface area is 122 Å². The number of hydrogen-bond donors (Lipinski definition) is 0. The van der Waals surface area contributed by atoms with E-state index in [0.29, 0.717) is 11.1 Å². The van der Waals surface area contributed by atoms with Gasteiger partial charge in [0.1, 0.15) is 18.6 Å². The highest BCUT2D eigenvalue weighted by Gasteiger charge is 2.62. The topological polar surface area (TPSA) is 52.6 Å². The van der Waals surface area contributed by atoms with Gasteiger partial charge in [0.25, 0.3) is 0 Å². The molecule has 4 rings (SSSR count). The molecule has 3 heterocycles. The van der Waals surface area contributed by atoms with Gasteiger partial charge in [-0.2, -0.15) is 0 Å². The highest BCUT2D eigenvalue weighted by atomic mass is 19.1. The molecule has 21 heavy (non-hydrogen) atoms. The van der Waals surface area contributed by atoms with Crippen LogP contribution in [0.15, 0.2) is 23.3 Å². The number of rotatable bonds is 2. The van der Waals surface area contributed by atoms with Gasteiger partial charge in [0.15, 0.2) is 0 Å². The number of carbonyl (C=O) groups is 2. The molecule has 7 atom stereocenters. The molecule has 0 aromatic carbocycles. The maximum Gasteiger partial charge on any atom is 0.312 e. The maximum absolute atomic E-state index is 14.0. The quantitative estimate of drug-likeness (QED) is 0.575. The molecule has 4 aliphatic rings. The standard InChI is InChI=1S/C16H17FO4/c1-7-9(17)3-2-8(6-18)12(7)15-13-10-4-5-11(20-10)14(13)16(19)21-15/h2-3,6-7,9-11,13-15H,4-5H2,1H3/t7?,9?,10?,11?,13?,14?,15-/m1/s1. The van der Waals surface area contributed by atoms with Gasteiger partial charge >= 0.3 is 5.97 Å². The van der Waals surface area contributed by atoms with Crippen LogP contribution in [0.3, 0.4) is 0 Å². The molecule has 2 bridgehead atoms. The number of alkyl halides is 1. The van der Waals surface area contributed by atoms with Crippen molar-refractivity contribution in [1.82, 2.24) is 0 Å². The van der Waals surface area contributed by atoms with Crippen molar-refractivity contribution in [2.75, 3.05) is 0 Å². The monoisotopic (exact) mass is 292 g/mol. The van der Waals surface area contributed by atoms with Crippen molar-refractivity contribution in [3.63, 3.8) is 0 Å². The molecule has 0 aromatic rings. The Morgan fingerprint density at radius 3 is 2.86 bits per heavy atom. The molecular formula is C16H17FO4. The van der Waals surface area contributed by atoms with Gasteiger partial charge in [-0.1, -0.05) is 13.0 Å². The van der Waals surface area contributed by atoms with Crippen LogP contribution in [0.25, 0.3) is 0 Å². The van der Waals surface area contributed by atoms with Crippen molar-refractivity contribution in [2.45, 2.75) is 44.2 Å². The minimum absolute atomic E-state index is 0.00646. The molecule has 0 aromatic heterocycles. The van der Waals surface area contributed by atoms with Gasteiger partial charge in [0.05, 0.1) is 18.1 Å². The molecule has 1 aliphatic carbocycles. The second-order valence-corrected chi connectivity index (χ2v) is 6.37. The number of carbonyl (C=O) groups excluding carboxylic acids is 2. The van der Waals surface area contributed by atoms with Crippen LogP contribution in [-0.4, -0.2) is 36.7 Å². The molecule has 4 nitrogen and oxygen atoms in total. The number of esters is 1. The van der Waals surface area contributed by atoms with Crippen LogP contribution in [0.4, 0.5) is 4.39 Å². The van der Waals surface area contributed by atoms with Crippen LogP contribution in [0.2, 0.25) is 0 Å². The van der Waals surface area contributed by atoms with Gasteiger partial charge in [0, 0.05) is 17.4 Å². The van der Waals surface area contributed by atoms with Crippen LogP contribution in [0, 0.1) is 17.8 Å². The molecule has 112 valence electrons. The van der Waals surface area contributed by atoms with Crippen molar-refractivity contribution < 1.29 is 23.5 Å². The second-order valence-electron chi connectivity index (χ2n) is 6.37. The van der Waals surface area contributed by atoms with Gasteiger partial charge in [-0.05, 0) is 24.5 Å². The zero-order valence-electron chi connectivity index (χ0n) is 11.7. The largest absolute Gasteiger partial charge is 0.457 e. The second kappa shape index (κ2) is 4.50. The predicted octanol–water partition coefficient (Wildman–Crippen LogP) is 1.74. The maximum atomic E-state index is 14.0. The molecular weight excluding hydrogens is 275 g/mol. The molecule has 6 unspecified atom stereocenters. The molecule has 3 fully saturated rings. The Kier molecular flexibility index (Phi) is 2.83. The SMILES string of the molecule is CC1C([C@H]2OC(=O)C3C4CCC(O4)C32)=C(C=O)C=CC1F. The summed E-state index contributed by atoms with van der Waals surface area (Å²) in [6, 6.07) is 0. The lowest BCUT2D eigenvalue weighted by Gasteiger charge is -2.31. The predicted molar refractivity (Wildman–Crippen MR) is 71.0 cm³/mol. The number of hydrogen-bond acceptors (Lipinski definition) is 4. The van der Waals surface area contributed by atoms with Crippen molar-refractivity contribution in [3.05, 3.63) is 23.3 Å². The van der Waals surface area contributed by atoms with Gasteiger partial charge in [0.2, 0.25) is 0 Å². The third-order valence-electron chi connectivity index (χ3n) is 5.39. The van der Waals surface area contributed by atoms with E-state index in [9.17, 15) is 14.0 Å². The van der Waals surface area contributed by atoms with E-state index >= 15 is 0 Å². The summed E-state index contributed by atoms with van der Waals surface area (Å²) >= 11 is 0. The highest BCUT2D eigenvalue weighted by molar-refractivity contribution is 5.82. The number of ether oxygens (including phenoxy) is 2. The van der Waals surface area contributed by atoms with Gasteiger partial charge in [-0.15, -0.1) is 0 Å². The summed E-state index contributed by atoms with van der Waals surface area (Å²) in [5.41, 5.74) is 1.06. The first-order valence-corrected chi connectivity index (χ1v) is 7.49. The van der Waals surface area contributed by atoms with Crippen LogP contribution >= 0.6 is 0 Å². The number of halogens is 1. The van der Waals surface area contributed by atoms with Crippen LogP contribution in [-0.2, 0) is 19.1 Å². The number of aldehydes is 1. The average molecular weight is 292 g/mol. The normalized spacial score (nSPS) is 47.7. The van der Waals surface area contributed by atoms with Gasteiger partial charge in [-0.3, -0.25) is 9.59 Å². The lowest BCUT2D eigenvalue weighted by molar-refractivity contribution is -0.146. The zero-order chi connectivity index (χ0) is 14.7. The van der Waals surface area contributed by atoms with Crippen LogP contribution < -0.4 is 0 Å². The summed E-state index contributed by atoms with van der Waals surface area (Å²) < 4.78 is 25.4. The third kappa shape index (κ3) is 1.70. The molecule has 5 heteroatoms. The van der Waals surface area contributed by atoms with E-state index in [4.69, 9.17) is 9.47 Å². The first-order valence-electron chi connectivity index (χ1n) is 7.49. The summed E-state index contributed by atoms with van der Waals surface area (Å²) in [4.78, 5) is 23.5. The molecule has 3 aliphatic heterocycles. The average Bonchev–Trinajstić information content (AvgIpc) is 3.15. The van der Waals surface area contributed by atoms with E-state index in [1.165, 1.54) is 12.2 Å². The van der Waals surface area contributed by atoms with E-state index in [1.807, 2.05) is 0 Å². The number of fused-ring (bicyclic) bond motifs is 5. The molecule has 0 amide bonds. The van der Waals surface area contributed by atoms with Crippen molar-refractivity contribution in [3.8, 4) is 0 Å². The van der Waals surface area contributed by atoms with E-state index < -0.39 is 18.2 Å². The van der Waals surface area contributed by atoms with Crippen molar-refractivity contribution >= 4 is 12.3 Å². The first-order chi connectivity index (χ1) is 10.1. The summed E-state index contributed by atoms with van der Waals surface area (Å²) in [6.07, 6.45) is 3.67. The molecule has 0 N–H and O–H groups in total. The smallest absolute Gasteiger partial charge is 0.312 e. The first kappa shape index (κ1) is 13.2. The summed E-state index contributed by atoms with van der Waals surface area (Å²) in [6.45, 7) is 1.74. The van der Waals surface area contributed by atoms with Crippen LogP contribution in [0.5, 0.6) is 0 Å². The Morgan fingerprint density at radius 2 is 2.10 bits per heavy atom. The Bertz CT molecular complexity index is 567. The summed E-state index contributed by atoms with van der Waals surface area (Å²) in [5.74, 6) is -1.02. The van der Waals surface area contributed by atoms with Crippen molar-refractivity contribution in [1.29, 1.82) is 0 Å². The van der Waals surface area contributed by atoms with Gasteiger partial charge in [-0.25, -0.2) is 4.39 Å². The third-order valence-corrected chi connectivity index (χ3v) is 5.39. The zero-order valence-corrected chi connectivity index (χ0v) is 11.7. The lowest BCUT2D eigenvalue weighted by atomic mass is 9.72. The fraction of sp³-hybridized carbons (Fsp3) is 0.625. The van der Waals surface area contributed by atoms with Gasteiger partial charge < -0.3 is 9.47 Å². The minimum atomic E-state index is -1.15.